The molecule has 82 valence electrons. The lowest BCUT2D eigenvalue weighted by molar-refractivity contribution is 0.463. The number of nitrogens with zero attached hydrogens (tertiary/aromatic N) is 2. The van der Waals surface area contributed by atoms with Gasteiger partial charge in [-0.2, -0.15) is 5.26 Å². The van der Waals surface area contributed by atoms with E-state index in [0.717, 1.165) is 11.8 Å². The zero-order chi connectivity index (χ0) is 11.2. The van der Waals surface area contributed by atoms with Crippen molar-refractivity contribution < 1.29 is 8.42 Å². The van der Waals surface area contributed by atoms with E-state index in [9.17, 15) is 8.42 Å². The molecule has 0 saturated carbocycles. The molecule has 14 heavy (non-hydrogen) atoms. The molecule has 0 aliphatic heterocycles. The highest BCUT2D eigenvalue weighted by atomic mass is 79.9. The average Bonchev–Trinajstić information content (AvgIpc) is 2.15. The van der Waals surface area contributed by atoms with Crippen LogP contribution in [0.25, 0.3) is 0 Å². The summed E-state index contributed by atoms with van der Waals surface area (Å²) in [5, 5.41) is 8.52. The summed E-state index contributed by atoms with van der Waals surface area (Å²) in [5.41, 5.74) is 0. The van der Waals surface area contributed by atoms with E-state index in [1.54, 1.807) is 6.92 Å². The lowest BCUT2D eigenvalue weighted by Crippen LogP contribution is -2.35. The van der Waals surface area contributed by atoms with Gasteiger partial charge < -0.3 is 0 Å². The molecule has 0 aromatic heterocycles. The third kappa shape index (κ3) is 3.56. The first-order valence-corrected chi connectivity index (χ1v) is 7.03. The molecule has 0 fully saturated rings. The summed E-state index contributed by atoms with van der Waals surface area (Å²) in [6, 6.07) is 1.81. The van der Waals surface area contributed by atoms with Crippen molar-refractivity contribution in [2.75, 3.05) is 18.9 Å². The molecule has 4 nitrogen and oxygen atoms in total. The molecule has 0 spiro atoms. The SMILES string of the molecule is CCC(C#N)S(=O)(=O)N(C)CCCBr. The van der Waals surface area contributed by atoms with Crippen LogP contribution in [0.5, 0.6) is 0 Å². The lowest BCUT2D eigenvalue weighted by Gasteiger charge is -2.18. The van der Waals surface area contributed by atoms with E-state index in [2.05, 4.69) is 15.9 Å². The molecule has 1 atom stereocenters. The van der Waals surface area contributed by atoms with Crippen molar-refractivity contribution in [3.63, 3.8) is 0 Å². The van der Waals surface area contributed by atoms with Crippen LogP contribution in [-0.2, 0) is 10.0 Å². The second-order valence-electron chi connectivity index (χ2n) is 2.94. The molecule has 0 radical (unpaired) electrons. The summed E-state index contributed by atoms with van der Waals surface area (Å²) < 4.78 is 24.6. The minimum atomic E-state index is -3.42. The fraction of sp³-hybridized carbons (Fsp3) is 0.875. The Kier molecular flexibility index (Phi) is 6.33. The van der Waals surface area contributed by atoms with Crippen LogP contribution in [0.3, 0.4) is 0 Å². The zero-order valence-electron chi connectivity index (χ0n) is 8.40. The van der Waals surface area contributed by atoms with Crippen molar-refractivity contribution in [3.05, 3.63) is 0 Å². The Hall–Kier alpha value is -0.120. The van der Waals surface area contributed by atoms with E-state index < -0.39 is 15.3 Å². The summed E-state index contributed by atoms with van der Waals surface area (Å²) in [4.78, 5) is 0. The van der Waals surface area contributed by atoms with Crippen LogP contribution in [-0.4, -0.2) is 36.9 Å². The standard InChI is InChI=1S/C8H15BrN2O2S/c1-3-8(7-10)14(12,13)11(2)6-4-5-9/h8H,3-6H2,1-2H3. The van der Waals surface area contributed by atoms with E-state index in [0.29, 0.717) is 13.0 Å². The molecule has 1 unspecified atom stereocenters. The monoisotopic (exact) mass is 282 g/mol. The molecular weight excluding hydrogens is 268 g/mol. The minimum Gasteiger partial charge on any atom is -0.211 e. The van der Waals surface area contributed by atoms with Gasteiger partial charge in [0.1, 0.15) is 0 Å². The Bertz CT molecular complexity index is 297. The molecule has 0 aliphatic carbocycles. The van der Waals surface area contributed by atoms with Crippen molar-refractivity contribution in [2.45, 2.75) is 25.0 Å². The van der Waals surface area contributed by atoms with Gasteiger partial charge in [0.2, 0.25) is 10.0 Å². The van der Waals surface area contributed by atoms with Crippen molar-refractivity contribution in [3.8, 4) is 6.07 Å². The fourth-order valence-electron chi connectivity index (χ4n) is 0.995. The number of rotatable bonds is 6. The molecular formula is C8H15BrN2O2S. The van der Waals surface area contributed by atoms with Crippen molar-refractivity contribution in [2.24, 2.45) is 0 Å². The van der Waals surface area contributed by atoms with Crippen LogP contribution in [0.2, 0.25) is 0 Å². The fourth-order valence-corrected chi connectivity index (χ4v) is 2.62. The number of halogens is 1. The maximum absolute atomic E-state index is 11.7. The number of sulfonamides is 1. The normalized spacial score (nSPS) is 13.9. The number of nitriles is 1. The van der Waals surface area contributed by atoms with E-state index in [4.69, 9.17) is 5.26 Å². The minimum absolute atomic E-state index is 0.331. The lowest BCUT2D eigenvalue weighted by atomic mass is 10.4. The first-order chi connectivity index (χ1) is 6.50. The van der Waals surface area contributed by atoms with Gasteiger partial charge in [-0.15, -0.1) is 0 Å². The van der Waals surface area contributed by atoms with Gasteiger partial charge in [0.05, 0.1) is 6.07 Å². The van der Waals surface area contributed by atoms with Crippen LogP contribution >= 0.6 is 15.9 Å². The molecule has 0 aromatic carbocycles. The molecule has 6 heteroatoms. The Morgan fingerprint density at radius 1 is 1.57 bits per heavy atom. The molecule has 0 aliphatic rings. The van der Waals surface area contributed by atoms with Gasteiger partial charge in [0.15, 0.2) is 5.25 Å². The highest BCUT2D eigenvalue weighted by Crippen LogP contribution is 2.10. The predicted molar refractivity (Wildman–Crippen MR) is 59.7 cm³/mol. The maximum Gasteiger partial charge on any atom is 0.230 e. The van der Waals surface area contributed by atoms with Crippen molar-refractivity contribution in [1.82, 2.24) is 4.31 Å². The molecule has 0 saturated heterocycles. The Morgan fingerprint density at radius 3 is 2.50 bits per heavy atom. The van der Waals surface area contributed by atoms with E-state index >= 15 is 0 Å². The average molecular weight is 283 g/mol. The second kappa shape index (κ2) is 6.38. The summed E-state index contributed by atoms with van der Waals surface area (Å²) in [7, 11) is -1.91. The topological polar surface area (TPSA) is 61.2 Å². The van der Waals surface area contributed by atoms with Gasteiger partial charge >= 0.3 is 0 Å². The molecule has 0 heterocycles. The van der Waals surface area contributed by atoms with Crippen LogP contribution in [0.1, 0.15) is 19.8 Å². The highest BCUT2D eigenvalue weighted by Gasteiger charge is 2.27. The van der Waals surface area contributed by atoms with Crippen LogP contribution in [0.4, 0.5) is 0 Å². The van der Waals surface area contributed by atoms with E-state index in [-0.39, 0.29) is 0 Å². The third-order valence-electron chi connectivity index (χ3n) is 1.92. The quantitative estimate of drug-likeness (QED) is 0.691. The summed E-state index contributed by atoms with van der Waals surface area (Å²) in [6.45, 7) is 2.15. The van der Waals surface area contributed by atoms with Crippen LogP contribution in [0.15, 0.2) is 0 Å². The van der Waals surface area contributed by atoms with Gasteiger partial charge in [0, 0.05) is 18.9 Å². The molecule has 0 N–H and O–H groups in total. The molecule has 0 aromatic rings. The Balaban J connectivity index is 4.53. The maximum atomic E-state index is 11.7. The van der Waals surface area contributed by atoms with E-state index in [1.165, 1.54) is 11.4 Å². The molecule has 0 amide bonds. The van der Waals surface area contributed by atoms with Gasteiger partial charge in [0.25, 0.3) is 0 Å². The number of hydrogen-bond acceptors (Lipinski definition) is 3. The Labute approximate surface area is 94.1 Å². The Morgan fingerprint density at radius 2 is 2.14 bits per heavy atom. The van der Waals surface area contributed by atoms with Crippen LogP contribution < -0.4 is 0 Å². The van der Waals surface area contributed by atoms with E-state index in [1.807, 2.05) is 6.07 Å². The summed E-state index contributed by atoms with van der Waals surface area (Å²) >= 11 is 3.23. The second-order valence-corrected chi connectivity index (χ2v) is 5.95. The first kappa shape index (κ1) is 13.9. The first-order valence-electron chi connectivity index (χ1n) is 4.41. The van der Waals surface area contributed by atoms with Gasteiger partial charge in [-0.25, -0.2) is 12.7 Å². The molecule has 0 bridgehead atoms. The summed E-state index contributed by atoms with van der Waals surface area (Å²) in [5.74, 6) is 0. The van der Waals surface area contributed by atoms with Crippen LogP contribution in [0, 0.1) is 11.3 Å². The van der Waals surface area contributed by atoms with Gasteiger partial charge in [-0.3, -0.25) is 0 Å². The number of alkyl halides is 1. The van der Waals surface area contributed by atoms with Crippen molar-refractivity contribution >= 4 is 26.0 Å². The largest absolute Gasteiger partial charge is 0.230 e. The van der Waals surface area contributed by atoms with Gasteiger partial charge in [-0.05, 0) is 12.8 Å². The zero-order valence-corrected chi connectivity index (χ0v) is 10.8. The molecule has 0 rings (SSSR count). The third-order valence-corrected chi connectivity index (χ3v) is 4.69. The predicted octanol–water partition coefficient (Wildman–Crippen LogP) is 1.34. The van der Waals surface area contributed by atoms with Crippen molar-refractivity contribution in [1.29, 1.82) is 5.26 Å². The van der Waals surface area contributed by atoms with Gasteiger partial charge in [-0.1, -0.05) is 22.9 Å². The highest BCUT2D eigenvalue weighted by molar-refractivity contribution is 9.09. The smallest absolute Gasteiger partial charge is 0.211 e. The number of hydrogen-bond donors (Lipinski definition) is 0. The summed E-state index contributed by atoms with van der Waals surface area (Å²) in [6.07, 6.45) is 1.08.